The molecule has 0 aliphatic heterocycles. The zero-order chi connectivity index (χ0) is 20.8. The number of aromatic nitrogens is 3. The fourth-order valence-electron chi connectivity index (χ4n) is 3.52. The fraction of sp³-hybridized carbons (Fsp3) is 0.200. The highest BCUT2D eigenvalue weighted by Crippen LogP contribution is 2.28. The Morgan fingerprint density at radius 2 is 2.00 bits per heavy atom. The van der Waals surface area contributed by atoms with E-state index in [0.717, 1.165) is 22.1 Å². The van der Waals surface area contributed by atoms with Gasteiger partial charge >= 0.3 is 0 Å². The van der Waals surface area contributed by atoms with Crippen LogP contribution in [0.4, 0.5) is 0 Å². The Hall–Kier alpha value is -2.62. The molecule has 7 nitrogen and oxygen atoms in total. The summed E-state index contributed by atoms with van der Waals surface area (Å²) >= 11 is 1.34. The molecule has 4 rings (SSSR count). The summed E-state index contributed by atoms with van der Waals surface area (Å²) in [6.45, 7) is 4.52. The third-order valence-electron chi connectivity index (χ3n) is 4.83. The Morgan fingerprint density at radius 1 is 1.24 bits per heavy atom. The highest BCUT2D eigenvalue weighted by molar-refractivity contribution is 7.99. The Morgan fingerprint density at radius 3 is 2.72 bits per heavy atom. The summed E-state index contributed by atoms with van der Waals surface area (Å²) < 4.78 is 25.2. The number of fused-ring (bicyclic) bond motifs is 2. The number of carbonyl (C=O) groups excluding carboxylic acids is 1. The van der Waals surface area contributed by atoms with Gasteiger partial charge in [0.25, 0.3) is 0 Å². The van der Waals surface area contributed by atoms with E-state index in [4.69, 9.17) is 5.14 Å². The summed E-state index contributed by atoms with van der Waals surface area (Å²) in [6, 6.07) is 12.4. The third kappa shape index (κ3) is 3.57. The molecule has 150 valence electrons. The Bertz CT molecular complexity index is 1350. The summed E-state index contributed by atoms with van der Waals surface area (Å²) in [5, 5.41) is 6.80. The first-order valence-electron chi connectivity index (χ1n) is 9.06. The Kier molecular flexibility index (Phi) is 4.97. The fourth-order valence-corrected chi connectivity index (χ4v) is 5.00. The molecule has 0 aliphatic carbocycles. The van der Waals surface area contributed by atoms with Crippen LogP contribution in [0.15, 0.2) is 52.5 Å². The molecule has 2 heterocycles. The minimum absolute atomic E-state index is 0.0184. The molecule has 0 unspecified atom stereocenters. The molecule has 0 fully saturated rings. The number of hydrogen-bond acceptors (Lipinski definition) is 5. The lowest BCUT2D eigenvalue weighted by atomic mass is 10.1. The van der Waals surface area contributed by atoms with Gasteiger partial charge in [0.05, 0.1) is 21.7 Å². The van der Waals surface area contributed by atoms with Crippen molar-refractivity contribution in [2.45, 2.75) is 30.4 Å². The number of para-hydroxylation sites is 1. The summed E-state index contributed by atoms with van der Waals surface area (Å²) in [6.07, 6.45) is 0. The third-order valence-corrected chi connectivity index (χ3v) is 6.72. The van der Waals surface area contributed by atoms with Crippen LogP contribution in [0.2, 0.25) is 0 Å². The van der Waals surface area contributed by atoms with Crippen molar-refractivity contribution < 1.29 is 13.2 Å². The number of hydrogen-bond donors (Lipinski definition) is 2. The number of nitrogens with one attached hydrogen (secondary N) is 1. The van der Waals surface area contributed by atoms with E-state index in [0.29, 0.717) is 22.8 Å². The summed E-state index contributed by atoms with van der Waals surface area (Å²) in [4.78, 5) is 20.8. The van der Waals surface area contributed by atoms with Gasteiger partial charge in [0.1, 0.15) is 0 Å². The number of sulfonamides is 1. The quantitative estimate of drug-likeness (QED) is 0.361. The van der Waals surface area contributed by atoms with E-state index in [1.165, 1.54) is 23.9 Å². The number of thioether (sulfide) groups is 1. The molecule has 9 heteroatoms. The molecular weight excluding hydrogens is 408 g/mol. The second-order valence-corrected chi connectivity index (χ2v) is 9.22. The largest absolute Gasteiger partial charge is 0.358 e. The van der Waals surface area contributed by atoms with Crippen LogP contribution in [0.3, 0.4) is 0 Å². The lowest BCUT2D eigenvalue weighted by Gasteiger charge is -2.06. The van der Waals surface area contributed by atoms with Gasteiger partial charge in [-0.3, -0.25) is 4.79 Å². The van der Waals surface area contributed by atoms with Crippen molar-refractivity contribution in [3.05, 3.63) is 53.7 Å². The molecule has 0 amide bonds. The predicted octanol–water partition coefficient (Wildman–Crippen LogP) is 3.47. The molecule has 0 saturated carbocycles. The number of benzene rings is 2. The van der Waals surface area contributed by atoms with Crippen LogP contribution in [-0.4, -0.2) is 34.5 Å². The molecule has 29 heavy (non-hydrogen) atoms. The number of imidazole rings is 1. The van der Waals surface area contributed by atoms with Crippen molar-refractivity contribution in [1.82, 2.24) is 14.5 Å². The molecule has 2 aromatic carbocycles. The highest BCUT2D eigenvalue weighted by atomic mass is 32.2. The van der Waals surface area contributed by atoms with Crippen LogP contribution in [0.5, 0.6) is 0 Å². The minimum atomic E-state index is -3.80. The van der Waals surface area contributed by atoms with Crippen LogP contribution in [0, 0.1) is 6.92 Å². The van der Waals surface area contributed by atoms with Crippen LogP contribution in [0.25, 0.3) is 21.9 Å². The standard InChI is InChI=1S/C20H20N4O3S2/c1-3-24-17-9-8-13(29(21,26)27)10-16(17)23-20(24)28-11-18(25)19-12(2)22-15-7-5-4-6-14(15)19/h4-10,22H,3,11H2,1-2H3,(H2,21,26,27). The van der Waals surface area contributed by atoms with E-state index in [1.807, 2.05) is 42.7 Å². The van der Waals surface area contributed by atoms with Crippen molar-refractivity contribution >= 4 is 49.5 Å². The number of nitrogens with zero attached hydrogens (tertiary/aromatic N) is 2. The van der Waals surface area contributed by atoms with E-state index in [-0.39, 0.29) is 16.4 Å². The second kappa shape index (κ2) is 7.33. The number of H-pyrrole nitrogens is 1. The van der Waals surface area contributed by atoms with Crippen molar-refractivity contribution in [1.29, 1.82) is 0 Å². The van der Waals surface area contributed by atoms with Crippen molar-refractivity contribution in [3.8, 4) is 0 Å². The average Bonchev–Trinajstić information content (AvgIpc) is 3.20. The van der Waals surface area contributed by atoms with Gasteiger partial charge in [0.15, 0.2) is 10.9 Å². The highest BCUT2D eigenvalue weighted by Gasteiger charge is 2.19. The lowest BCUT2D eigenvalue weighted by Crippen LogP contribution is -2.11. The predicted molar refractivity (Wildman–Crippen MR) is 115 cm³/mol. The second-order valence-electron chi connectivity index (χ2n) is 6.72. The van der Waals surface area contributed by atoms with Gasteiger partial charge in [-0.15, -0.1) is 0 Å². The first-order chi connectivity index (χ1) is 13.8. The smallest absolute Gasteiger partial charge is 0.238 e. The van der Waals surface area contributed by atoms with Gasteiger partial charge in [-0.25, -0.2) is 18.5 Å². The van der Waals surface area contributed by atoms with Gasteiger partial charge in [-0.2, -0.15) is 0 Å². The molecule has 0 aliphatic rings. The monoisotopic (exact) mass is 428 g/mol. The van der Waals surface area contributed by atoms with E-state index in [2.05, 4.69) is 9.97 Å². The van der Waals surface area contributed by atoms with Crippen molar-refractivity contribution in [2.75, 3.05) is 5.75 Å². The zero-order valence-electron chi connectivity index (χ0n) is 16.0. The minimum Gasteiger partial charge on any atom is -0.358 e. The number of rotatable bonds is 6. The molecule has 0 spiro atoms. The first kappa shape index (κ1) is 19.7. The van der Waals surface area contributed by atoms with Gasteiger partial charge in [-0.1, -0.05) is 30.0 Å². The topological polar surface area (TPSA) is 111 Å². The number of Topliss-reactive ketones (excluding diaryl/α,β-unsaturated/α-hetero) is 1. The summed E-state index contributed by atoms with van der Waals surface area (Å²) in [5.41, 5.74) is 3.83. The van der Waals surface area contributed by atoms with E-state index in [9.17, 15) is 13.2 Å². The Balaban J connectivity index is 1.65. The van der Waals surface area contributed by atoms with Gasteiger partial charge in [-0.05, 0) is 38.1 Å². The Labute approximate surface area is 172 Å². The zero-order valence-corrected chi connectivity index (χ0v) is 17.6. The maximum absolute atomic E-state index is 12.9. The van der Waals surface area contributed by atoms with E-state index < -0.39 is 10.0 Å². The average molecular weight is 429 g/mol. The SMILES string of the molecule is CCn1c(SCC(=O)c2c(C)[nH]c3ccccc23)nc2cc(S(N)(=O)=O)ccc21. The molecular formula is C20H20N4O3S2. The number of ketones is 1. The molecule has 0 saturated heterocycles. The van der Waals surface area contributed by atoms with Crippen molar-refractivity contribution in [3.63, 3.8) is 0 Å². The summed E-state index contributed by atoms with van der Waals surface area (Å²) in [7, 11) is -3.80. The molecule has 0 radical (unpaired) electrons. The van der Waals surface area contributed by atoms with E-state index in [1.54, 1.807) is 6.07 Å². The maximum Gasteiger partial charge on any atom is 0.238 e. The normalized spacial score (nSPS) is 12.1. The number of carbonyl (C=O) groups is 1. The number of nitrogens with two attached hydrogens (primary N) is 1. The van der Waals surface area contributed by atoms with Crippen LogP contribution in [-0.2, 0) is 16.6 Å². The lowest BCUT2D eigenvalue weighted by molar-refractivity contribution is 0.102. The molecule has 2 aromatic heterocycles. The first-order valence-corrected chi connectivity index (χ1v) is 11.6. The molecule has 4 aromatic rings. The van der Waals surface area contributed by atoms with Crippen molar-refractivity contribution in [2.24, 2.45) is 5.14 Å². The van der Waals surface area contributed by atoms with Crippen LogP contribution < -0.4 is 5.14 Å². The van der Waals surface area contributed by atoms with E-state index >= 15 is 0 Å². The maximum atomic E-state index is 12.9. The molecule has 0 atom stereocenters. The molecule has 3 N–H and O–H groups in total. The number of primary sulfonamides is 1. The van der Waals surface area contributed by atoms with Gasteiger partial charge in [0, 0.05) is 28.7 Å². The van der Waals surface area contributed by atoms with Crippen LogP contribution in [0.1, 0.15) is 23.0 Å². The number of aromatic amines is 1. The number of aryl methyl sites for hydroxylation is 2. The van der Waals surface area contributed by atoms with Gasteiger partial charge < -0.3 is 9.55 Å². The van der Waals surface area contributed by atoms with Gasteiger partial charge in [0.2, 0.25) is 10.0 Å². The molecule has 0 bridgehead atoms. The van der Waals surface area contributed by atoms with Crippen LogP contribution >= 0.6 is 11.8 Å². The summed E-state index contributed by atoms with van der Waals surface area (Å²) in [5.74, 6) is 0.249.